The minimum Gasteiger partial charge on any atom is -0.384 e. The number of aliphatic hydroxyl groups is 1. The van der Waals surface area contributed by atoms with Gasteiger partial charge in [-0.1, -0.05) is 122 Å². The van der Waals surface area contributed by atoms with E-state index in [9.17, 15) is 9.90 Å². The van der Waals surface area contributed by atoms with Crippen LogP contribution in [-0.2, 0) is 5.60 Å². The largest absolute Gasteiger partial charge is 0.384 e. The van der Waals surface area contributed by atoms with Gasteiger partial charge in [0.1, 0.15) is 5.60 Å². The van der Waals surface area contributed by atoms with Crippen LogP contribution < -0.4 is 0 Å². The van der Waals surface area contributed by atoms with Crippen molar-refractivity contribution in [3.63, 3.8) is 0 Å². The Morgan fingerprint density at radius 2 is 1.17 bits per heavy atom. The molecule has 0 radical (unpaired) electrons. The van der Waals surface area contributed by atoms with Crippen molar-refractivity contribution in [2.75, 3.05) is 0 Å². The summed E-state index contributed by atoms with van der Waals surface area (Å²) in [5.41, 5.74) is 4.95. The van der Waals surface area contributed by atoms with Crippen LogP contribution in [0, 0.1) is 17.8 Å². The van der Waals surface area contributed by atoms with Crippen molar-refractivity contribution in [3.05, 3.63) is 120 Å². The van der Waals surface area contributed by atoms with Crippen molar-refractivity contribution >= 4 is 5.78 Å². The molecule has 2 saturated carbocycles. The molecule has 35 heavy (non-hydrogen) atoms. The Morgan fingerprint density at radius 1 is 0.657 bits per heavy atom. The van der Waals surface area contributed by atoms with E-state index < -0.39 is 11.5 Å². The zero-order valence-corrected chi connectivity index (χ0v) is 19.8. The molecular weight excluding hydrogens is 428 g/mol. The second kappa shape index (κ2) is 8.94. The summed E-state index contributed by atoms with van der Waals surface area (Å²) in [5.74, 6) is 0.329. The number of hydrogen-bond acceptors (Lipinski definition) is 2. The molecule has 2 heteroatoms. The number of hydrogen-bond donors (Lipinski definition) is 1. The second-order valence-corrected chi connectivity index (χ2v) is 10.2. The van der Waals surface area contributed by atoms with Gasteiger partial charge in [0.05, 0.1) is 5.92 Å². The topological polar surface area (TPSA) is 37.3 Å². The molecule has 4 aromatic rings. The third kappa shape index (κ3) is 3.92. The average molecular weight is 459 g/mol. The molecular formula is C33H30O2. The smallest absolute Gasteiger partial charge is 0.169 e. The lowest BCUT2D eigenvalue weighted by Gasteiger charge is -2.32. The predicted octanol–water partition coefficient (Wildman–Crippen LogP) is 7.53. The number of fused-ring (bicyclic) bond motifs is 1. The van der Waals surface area contributed by atoms with Gasteiger partial charge in [0.15, 0.2) is 5.78 Å². The lowest BCUT2D eigenvalue weighted by molar-refractivity contribution is -0.00713. The van der Waals surface area contributed by atoms with Gasteiger partial charge >= 0.3 is 0 Å². The van der Waals surface area contributed by atoms with E-state index in [2.05, 4.69) is 36.4 Å². The van der Waals surface area contributed by atoms with Crippen LogP contribution in [0.4, 0.5) is 0 Å². The maximum absolute atomic E-state index is 14.0. The number of carbonyl (C=O) groups is 1. The first-order valence-corrected chi connectivity index (χ1v) is 12.7. The van der Waals surface area contributed by atoms with Gasteiger partial charge in [-0.2, -0.15) is 0 Å². The summed E-state index contributed by atoms with van der Waals surface area (Å²) in [5, 5.41) is 12.1. The minimum atomic E-state index is -1.12. The molecule has 2 fully saturated rings. The van der Waals surface area contributed by atoms with E-state index in [0.717, 1.165) is 47.1 Å². The van der Waals surface area contributed by atoms with Gasteiger partial charge in [0.2, 0.25) is 0 Å². The molecule has 0 saturated heterocycles. The molecule has 0 amide bonds. The maximum atomic E-state index is 14.0. The molecule has 0 spiro atoms. The number of benzene rings is 4. The third-order valence-electron chi connectivity index (χ3n) is 8.28. The van der Waals surface area contributed by atoms with Gasteiger partial charge in [-0.25, -0.2) is 0 Å². The molecule has 6 rings (SSSR count). The first-order chi connectivity index (χ1) is 17.1. The van der Waals surface area contributed by atoms with Gasteiger partial charge in [-0.05, 0) is 52.5 Å². The number of Topliss-reactive ketones (excluding diaryl/α,β-unsaturated/α-hetero) is 1. The van der Waals surface area contributed by atoms with Crippen LogP contribution in [-0.4, -0.2) is 10.9 Å². The number of rotatable bonds is 5. The van der Waals surface area contributed by atoms with E-state index in [1.165, 1.54) is 0 Å². The van der Waals surface area contributed by atoms with Gasteiger partial charge in [-0.15, -0.1) is 0 Å². The van der Waals surface area contributed by atoms with Crippen molar-refractivity contribution in [2.24, 2.45) is 17.8 Å². The first kappa shape index (κ1) is 22.0. The average Bonchev–Trinajstić information content (AvgIpc) is 3.48. The van der Waals surface area contributed by atoms with Crippen LogP contribution in [0.5, 0.6) is 0 Å². The highest BCUT2D eigenvalue weighted by molar-refractivity contribution is 5.99. The standard InChI is InChI=1S/C33H30O2/c34-32(27-16-14-25(15-17-27)23-8-3-1-4-9-23)31-30-13-7-12-28(30)22-33(31,35)29-20-18-26(19-21-29)24-10-5-2-6-11-24/h1-6,8-11,14-21,28,30-31,35H,7,12-13,22H2/t28?,30?,31-,33+/m1/s1. The quantitative estimate of drug-likeness (QED) is 0.314. The van der Waals surface area contributed by atoms with Crippen LogP contribution >= 0.6 is 0 Å². The second-order valence-electron chi connectivity index (χ2n) is 10.2. The van der Waals surface area contributed by atoms with Crippen LogP contribution in [0.1, 0.15) is 41.6 Å². The molecule has 1 N–H and O–H groups in total. The fourth-order valence-corrected chi connectivity index (χ4v) is 6.57. The Bertz CT molecular complexity index is 1310. The van der Waals surface area contributed by atoms with Crippen LogP contribution in [0.3, 0.4) is 0 Å². The third-order valence-corrected chi connectivity index (χ3v) is 8.28. The summed E-state index contributed by atoms with van der Waals surface area (Å²) < 4.78 is 0. The monoisotopic (exact) mass is 458 g/mol. The van der Waals surface area contributed by atoms with E-state index in [-0.39, 0.29) is 11.7 Å². The molecule has 0 aliphatic heterocycles. The SMILES string of the molecule is O=C(c1ccc(-c2ccccc2)cc1)[C@H]1C2CCCC2C[C@]1(O)c1ccc(-c2ccccc2)cc1. The fraction of sp³-hybridized carbons (Fsp3) is 0.242. The Morgan fingerprint density at radius 3 is 1.74 bits per heavy atom. The van der Waals surface area contributed by atoms with E-state index in [1.54, 1.807) is 0 Å². The van der Waals surface area contributed by atoms with Crippen molar-refractivity contribution in [1.29, 1.82) is 0 Å². The normalized spacial score (nSPS) is 25.3. The summed E-state index contributed by atoms with van der Waals surface area (Å²) in [7, 11) is 0. The molecule has 0 heterocycles. The molecule has 2 aliphatic rings. The molecule has 4 atom stereocenters. The summed E-state index contributed by atoms with van der Waals surface area (Å²) in [6.07, 6.45) is 3.94. The highest BCUT2D eigenvalue weighted by Gasteiger charge is 2.57. The molecule has 2 unspecified atom stereocenters. The maximum Gasteiger partial charge on any atom is 0.169 e. The highest BCUT2D eigenvalue weighted by Crippen LogP contribution is 2.57. The zero-order chi connectivity index (χ0) is 23.8. The Hall–Kier alpha value is -3.49. The van der Waals surface area contributed by atoms with Crippen LogP contribution in [0.2, 0.25) is 0 Å². The lowest BCUT2D eigenvalue weighted by Crippen LogP contribution is -2.38. The predicted molar refractivity (Wildman–Crippen MR) is 141 cm³/mol. The molecule has 4 aromatic carbocycles. The van der Waals surface area contributed by atoms with Crippen LogP contribution in [0.15, 0.2) is 109 Å². The van der Waals surface area contributed by atoms with Gasteiger partial charge < -0.3 is 5.11 Å². The first-order valence-electron chi connectivity index (χ1n) is 12.7. The van der Waals surface area contributed by atoms with Crippen molar-refractivity contribution in [2.45, 2.75) is 31.3 Å². The van der Waals surface area contributed by atoms with Crippen molar-refractivity contribution < 1.29 is 9.90 Å². The van der Waals surface area contributed by atoms with Gasteiger partial charge in [-0.3, -0.25) is 4.79 Å². The fourth-order valence-electron chi connectivity index (χ4n) is 6.57. The molecule has 2 aliphatic carbocycles. The highest BCUT2D eigenvalue weighted by atomic mass is 16.3. The van der Waals surface area contributed by atoms with Crippen LogP contribution in [0.25, 0.3) is 22.3 Å². The zero-order valence-electron chi connectivity index (χ0n) is 19.8. The summed E-state index contributed by atoms with van der Waals surface area (Å²) in [4.78, 5) is 14.0. The van der Waals surface area contributed by atoms with E-state index in [4.69, 9.17) is 0 Å². The Kier molecular flexibility index (Phi) is 5.62. The summed E-state index contributed by atoms with van der Waals surface area (Å²) in [6.45, 7) is 0. The molecule has 0 aromatic heterocycles. The number of ketones is 1. The number of carbonyl (C=O) groups excluding carboxylic acids is 1. The summed E-state index contributed by atoms with van der Waals surface area (Å²) >= 11 is 0. The van der Waals surface area contributed by atoms with E-state index in [1.807, 2.05) is 72.8 Å². The summed E-state index contributed by atoms with van der Waals surface area (Å²) in [6, 6.07) is 36.6. The molecule has 0 bridgehead atoms. The molecule has 2 nitrogen and oxygen atoms in total. The van der Waals surface area contributed by atoms with Gasteiger partial charge in [0, 0.05) is 5.56 Å². The van der Waals surface area contributed by atoms with E-state index >= 15 is 0 Å². The van der Waals surface area contributed by atoms with Crippen molar-refractivity contribution in [3.8, 4) is 22.3 Å². The Labute approximate surface area is 207 Å². The van der Waals surface area contributed by atoms with Gasteiger partial charge in [0.25, 0.3) is 0 Å². The van der Waals surface area contributed by atoms with Crippen molar-refractivity contribution in [1.82, 2.24) is 0 Å². The van der Waals surface area contributed by atoms with E-state index in [0.29, 0.717) is 17.9 Å². The molecule has 174 valence electrons. The Balaban J connectivity index is 1.32. The minimum absolute atomic E-state index is 0.0775. The lowest BCUT2D eigenvalue weighted by atomic mass is 9.75.